The standard InChI is InChI=1S/C6H13NO2.Na/c1-4(2)3-5(7)6(8)9;/h4-5H,3,7H2,1-2H3,(H,8,9);/t5-;/m1./s1. The molecule has 0 aliphatic heterocycles. The minimum atomic E-state index is -0.913. The average Bonchev–Trinajstić information content (AvgIpc) is 1.63. The monoisotopic (exact) mass is 154 g/mol. The van der Waals surface area contributed by atoms with Crippen molar-refractivity contribution in [3.05, 3.63) is 0 Å². The number of carbonyl (C=O) groups is 1. The molecule has 0 heterocycles. The normalized spacial score (nSPS) is 12.4. The van der Waals surface area contributed by atoms with E-state index < -0.39 is 12.0 Å². The fraction of sp³-hybridized carbons (Fsp3) is 0.833. The number of rotatable bonds is 3. The quantitative estimate of drug-likeness (QED) is 0.565. The van der Waals surface area contributed by atoms with Crippen molar-refractivity contribution in [1.29, 1.82) is 0 Å². The first-order valence-electron chi connectivity index (χ1n) is 3.02. The van der Waals surface area contributed by atoms with Crippen molar-refractivity contribution in [3.8, 4) is 0 Å². The van der Waals surface area contributed by atoms with Crippen LogP contribution in [0.3, 0.4) is 0 Å². The van der Waals surface area contributed by atoms with Crippen molar-refractivity contribution in [1.82, 2.24) is 0 Å². The number of aliphatic carboxylic acids is 1. The smallest absolute Gasteiger partial charge is 0.320 e. The van der Waals surface area contributed by atoms with Gasteiger partial charge in [0.05, 0.1) is 0 Å². The van der Waals surface area contributed by atoms with Gasteiger partial charge in [-0.15, -0.1) is 0 Å². The Bertz CT molecular complexity index is 106. The van der Waals surface area contributed by atoms with Gasteiger partial charge in [-0.1, -0.05) is 13.8 Å². The first-order chi connectivity index (χ1) is 4.04. The molecule has 1 atom stereocenters. The third-order valence-corrected chi connectivity index (χ3v) is 1.04. The van der Waals surface area contributed by atoms with E-state index in [0.717, 1.165) is 0 Å². The van der Waals surface area contributed by atoms with Crippen LogP contribution in [-0.4, -0.2) is 46.7 Å². The van der Waals surface area contributed by atoms with E-state index in [1.807, 2.05) is 13.8 Å². The summed E-state index contributed by atoms with van der Waals surface area (Å²) in [4.78, 5) is 10.1. The number of carboxylic acids is 1. The van der Waals surface area contributed by atoms with Crippen LogP contribution in [0.15, 0.2) is 0 Å². The zero-order valence-corrected chi connectivity index (χ0v) is 8.79. The Morgan fingerprint density at radius 1 is 1.60 bits per heavy atom. The average molecular weight is 154 g/mol. The van der Waals surface area contributed by atoms with E-state index in [0.29, 0.717) is 12.3 Å². The third-order valence-electron chi connectivity index (χ3n) is 1.04. The Morgan fingerprint density at radius 2 is 2.00 bits per heavy atom. The first-order valence-corrected chi connectivity index (χ1v) is 3.02. The molecule has 3 nitrogen and oxygen atoms in total. The fourth-order valence-electron chi connectivity index (χ4n) is 0.609. The van der Waals surface area contributed by atoms with E-state index in [-0.39, 0.29) is 29.6 Å². The Balaban J connectivity index is 0. The van der Waals surface area contributed by atoms with Crippen molar-refractivity contribution in [2.45, 2.75) is 26.3 Å². The van der Waals surface area contributed by atoms with Gasteiger partial charge in [0.2, 0.25) is 0 Å². The van der Waals surface area contributed by atoms with Gasteiger partial charge in [-0.25, -0.2) is 0 Å². The van der Waals surface area contributed by atoms with E-state index in [4.69, 9.17) is 10.8 Å². The van der Waals surface area contributed by atoms with Crippen LogP contribution in [-0.2, 0) is 4.79 Å². The van der Waals surface area contributed by atoms with Gasteiger partial charge in [0.15, 0.2) is 0 Å². The second-order valence-electron chi connectivity index (χ2n) is 2.57. The molecule has 0 aromatic rings. The zero-order chi connectivity index (χ0) is 7.44. The maximum absolute atomic E-state index is 10.1. The maximum atomic E-state index is 10.1. The van der Waals surface area contributed by atoms with Gasteiger partial charge in [0.1, 0.15) is 6.04 Å². The summed E-state index contributed by atoms with van der Waals surface area (Å²) in [6.45, 7) is 3.89. The summed E-state index contributed by atoms with van der Waals surface area (Å²) >= 11 is 0. The molecular weight excluding hydrogens is 141 g/mol. The fourth-order valence-corrected chi connectivity index (χ4v) is 0.609. The zero-order valence-electron chi connectivity index (χ0n) is 6.79. The van der Waals surface area contributed by atoms with E-state index in [1.54, 1.807) is 0 Å². The molecule has 0 unspecified atom stereocenters. The van der Waals surface area contributed by atoms with E-state index >= 15 is 0 Å². The topological polar surface area (TPSA) is 63.3 Å². The van der Waals surface area contributed by atoms with Crippen LogP contribution in [0.25, 0.3) is 0 Å². The summed E-state index contributed by atoms with van der Waals surface area (Å²) in [7, 11) is 0. The Labute approximate surface area is 83.3 Å². The van der Waals surface area contributed by atoms with E-state index in [9.17, 15) is 4.79 Å². The van der Waals surface area contributed by atoms with Crippen LogP contribution < -0.4 is 5.73 Å². The van der Waals surface area contributed by atoms with Crippen LogP contribution in [0, 0.1) is 5.92 Å². The summed E-state index contributed by atoms with van der Waals surface area (Å²) < 4.78 is 0. The molecule has 55 valence electrons. The Morgan fingerprint density at radius 3 is 2.10 bits per heavy atom. The van der Waals surface area contributed by atoms with Gasteiger partial charge in [0, 0.05) is 29.6 Å². The number of hydrogen-bond acceptors (Lipinski definition) is 2. The van der Waals surface area contributed by atoms with Crippen molar-refractivity contribution in [3.63, 3.8) is 0 Å². The molecule has 0 aliphatic carbocycles. The predicted octanol–water partition coefficient (Wildman–Crippen LogP) is 0.0636. The summed E-state index contributed by atoms with van der Waals surface area (Å²) in [6.07, 6.45) is 0.551. The van der Waals surface area contributed by atoms with E-state index in [2.05, 4.69) is 0 Å². The van der Waals surface area contributed by atoms with E-state index in [1.165, 1.54) is 0 Å². The van der Waals surface area contributed by atoms with Gasteiger partial charge in [0.25, 0.3) is 0 Å². The van der Waals surface area contributed by atoms with Crippen LogP contribution >= 0.6 is 0 Å². The largest absolute Gasteiger partial charge is 0.480 e. The molecule has 0 saturated heterocycles. The molecule has 4 heteroatoms. The third kappa shape index (κ3) is 6.55. The second kappa shape index (κ2) is 6.16. The van der Waals surface area contributed by atoms with Crippen molar-refractivity contribution in [2.24, 2.45) is 11.7 Å². The summed E-state index contributed by atoms with van der Waals surface area (Å²) in [5, 5.41) is 8.31. The molecule has 0 aliphatic rings. The molecule has 0 rings (SSSR count). The van der Waals surface area contributed by atoms with Crippen molar-refractivity contribution in [2.75, 3.05) is 0 Å². The summed E-state index contributed by atoms with van der Waals surface area (Å²) in [6, 6.07) is -0.690. The minimum Gasteiger partial charge on any atom is -0.480 e. The van der Waals surface area contributed by atoms with Crippen molar-refractivity contribution < 1.29 is 9.90 Å². The molecular formula is C6H13NNaO2. The van der Waals surface area contributed by atoms with Gasteiger partial charge in [-0.05, 0) is 12.3 Å². The maximum Gasteiger partial charge on any atom is 0.320 e. The van der Waals surface area contributed by atoms with Crippen LogP contribution in [0.5, 0.6) is 0 Å². The number of hydrogen-bond donors (Lipinski definition) is 2. The van der Waals surface area contributed by atoms with Crippen LogP contribution in [0.1, 0.15) is 20.3 Å². The molecule has 0 saturated carbocycles. The second-order valence-corrected chi connectivity index (χ2v) is 2.57. The van der Waals surface area contributed by atoms with Gasteiger partial charge in [-0.2, -0.15) is 0 Å². The molecule has 3 N–H and O–H groups in total. The molecule has 10 heavy (non-hydrogen) atoms. The Hall–Kier alpha value is 0.430. The molecule has 0 aromatic heterocycles. The Kier molecular flexibility index (Phi) is 8.04. The van der Waals surface area contributed by atoms with Gasteiger partial charge >= 0.3 is 5.97 Å². The summed E-state index contributed by atoms with van der Waals surface area (Å²) in [5.74, 6) is -0.556. The number of carboxylic acid groups (broad SMARTS) is 1. The molecule has 0 spiro atoms. The first kappa shape index (κ1) is 13.1. The predicted molar refractivity (Wildman–Crippen MR) is 40.8 cm³/mol. The van der Waals surface area contributed by atoms with Crippen LogP contribution in [0.2, 0.25) is 0 Å². The van der Waals surface area contributed by atoms with Gasteiger partial charge in [-0.3, -0.25) is 4.79 Å². The van der Waals surface area contributed by atoms with Crippen LogP contribution in [0.4, 0.5) is 0 Å². The van der Waals surface area contributed by atoms with Gasteiger partial charge < -0.3 is 10.8 Å². The SMILES string of the molecule is CC(C)C[C@@H](N)C(=O)O.[Na]. The molecule has 1 radical (unpaired) electrons. The molecule has 0 fully saturated rings. The summed E-state index contributed by atoms with van der Waals surface area (Å²) in [5.41, 5.74) is 5.22. The number of nitrogens with two attached hydrogens (primary N) is 1. The molecule has 0 bridgehead atoms. The van der Waals surface area contributed by atoms with Crippen molar-refractivity contribution >= 4 is 35.5 Å². The molecule has 0 aromatic carbocycles. The minimum absolute atomic E-state index is 0. The molecule has 0 amide bonds.